The van der Waals surface area contributed by atoms with Crippen molar-refractivity contribution in [3.63, 3.8) is 0 Å². The van der Waals surface area contributed by atoms with Crippen LogP contribution in [0.1, 0.15) is 78.9 Å². The molecule has 1 saturated heterocycles. The van der Waals surface area contributed by atoms with Gasteiger partial charge in [-0.05, 0) is 29.5 Å². The van der Waals surface area contributed by atoms with Crippen LogP contribution >= 0.6 is 0 Å². The molecule has 1 fully saturated rings. The van der Waals surface area contributed by atoms with Crippen LogP contribution in [0.15, 0.2) is 30.3 Å². The Kier molecular flexibility index (Phi) is 6.64. The SMILES string of the molecule is CCC1CC(=O)NC(n2nc(C(C)(C)C)cc2NC(=O)Nc2ccc(C(C)(C)C)cc2)N1. The first-order valence-electron chi connectivity index (χ1n) is 11.2. The van der Waals surface area contributed by atoms with Gasteiger partial charge < -0.3 is 10.6 Å². The number of hydrogen-bond donors (Lipinski definition) is 4. The number of nitrogens with one attached hydrogen (secondary N) is 4. The van der Waals surface area contributed by atoms with Gasteiger partial charge in [0, 0.05) is 29.6 Å². The summed E-state index contributed by atoms with van der Waals surface area (Å²) in [4.78, 5) is 25.0. The lowest BCUT2D eigenvalue weighted by Crippen LogP contribution is -2.53. The monoisotopic (exact) mass is 440 g/mol. The number of carbonyl (C=O) groups is 2. The minimum absolute atomic E-state index is 0.0391. The summed E-state index contributed by atoms with van der Waals surface area (Å²) >= 11 is 0. The van der Waals surface area contributed by atoms with Crippen molar-refractivity contribution < 1.29 is 9.59 Å². The number of rotatable bonds is 4. The van der Waals surface area contributed by atoms with E-state index in [1.807, 2.05) is 37.3 Å². The third-order valence-electron chi connectivity index (χ3n) is 5.61. The van der Waals surface area contributed by atoms with E-state index in [4.69, 9.17) is 5.10 Å². The quantitative estimate of drug-likeness (QED) is 0.564. The number of carbonyl (C=O) groups excluding carboxylic acids is 2. The van der Waals surface area contributed by atoms with E-state index in [-0.39, 0.29) is 28.8 Å². The number of benzene rings is 1. The van der Waals surface area contributed by atoms with Crippen molar-refractivity contribution in [2.45, 2.75) is 84.5 Å². The summed E-state index contributed by atoms with van der Waals surface area (Å²) in [5.41, 5.74) is 2.54. The maximum absolute atomic E-state index is 12.8. The van der Waals surface area contributed by atoms with Crippen molar-refractivity contribution in [2.75, 3.05) is 10.6 Å². The van der Waals surface area contributed by atoms with Gasteiger partial charge in [0.1, 0.15) is 5.82 Å². The summed E-state index contributed by atoms with van der Waals surface area (Å²) in [7, 11) is 0. The van der Waals surface area contributed by atoms with E-state index in [0.717, 1.165) is 12.1 Å². The maximum Gasteiger partial charge on any atom is 0.324 e. The van der Waals surface area contributed by atoms with Crippen LogP contribution in [0.5, 0.6) is 0 Å². The van der Waals surface area contributed by atoms with Gasteiger partial charge >= 0.3 is 6.03 Å². The topological polar surface area (TPSA) is 100 Å². The molecule has 0 radical (unpaired) electrons. The first-order valence-corrected chi connectivity index (χ1v) is 11.2. The molecule has 0 saturated carbocycles. The molecule has 0 spiro atoms. The molecule has 8 heteroatoms. The van der Waals surface area contributed by atoms with E-state index in [2.05, 4.69) is 62.8 Å². The van der Waals surface area contributed by atoms with Crippen molar-refractivity contribution >= 4 is 23.4 Å². The minimum Gasteiger partial charge on any atom is -0.322 e. The third-order valence-corrected chi connectivity index (χ3v) is 5.61. The van der Waals surface area contributed by atoms with E-state index in [0.29, 0.717) is 17.9 Å². The molecule has 1 aromatic carbocycles. The lowest BCUT2D eigenvalue weighted by molar-refractivity contribution is -0.125. The fraction of sp³-hybridized carbons (Fsp3) is 0.542. The number of urea groups is 1. The molecular formula is C24H36N6O2. The molecule has 1 aromatic heterocycles. The molecule has 3 amide bonds. The van der Waals surface area contributed by atoms with E-state index >= 15 is 0 Å². The maximum atomic E-state index is 12.8. The average Bonchev–Trinajstić information content (AvgIpc) is 3.11. The molecule has 3 rings (SSSR count). The number of hydrogen-bond acceptors (Lipinski definition) is 4. The molecule has 2 unspecified atom stereocenters. The van der Waals surface area contributed by atoms with Crippen molar-refractivity contribution in [2.24, 2.45) is 0 Å². The van der Waals surface area contributed by atoms with Crippen LogP contribution in [0, 0.1) is 0 Å². The van der Waals surface area contributed by atoms with E-state index in [1.54, 1.807) is 4.68 Å². The molecule has 1 aliphatic rings. The summed E-state index contributed by atoms with van der Waals surface area (Å²) in [5.74, 6) is 0.469. The highest BCUT2D eigenvalue weighted by molar-refractivity contribution is 5.99. The van der Waals surface area contributed by atoms with Crippen molar-refractivity contribution in [3.05, 3.63) is 41.6 Å². The Hall–Kier alpha value is -2.87. The summed E-state index contributed by atoms with van der Waals surface area (Å²) in [6.45, 7) is 14.7. The van der Waals surface area contributed by atoms with Gasteiger partial charge in [0.25, 0.3) is 0 Å². The molecule has 2 aromatic rings. The molecule has 4 N–H and O–H groups in total. The van der Waals surface area contributed by atoms with Gasteiger partial charge in [-0.3, -0.25) is 15.4 Å². The van der Waals surface area contributed by atoms with Crippen molar-refractivity contribution in [1.82, 2.24) is 20.4 Å². The molecule has 8 nitrogen and oxygen atoms in total. The first-order chi connectivity index (χ1) is 14.9. The first kappa shape index (κ1) is 23.8. The predicted octanol–water partition coefficient (Wildman–Crippen LogP) is 4.47. The van der Waals surface area contributed by atoms with Gasteiger partial charge in [0.15, 0.2) is 6.29 Å². The average molecular weight is 441 g/mol. The van der Waals surface area contributed by atoms with Crippen LogP contribution in [-0.2, 0) is 15.6 Å². The summed E-state index contributed by atoms with van der Waals surface area (Å²) in [5, 5.41) is 16.8. The van der Waals surface area contributed by atoms with Crippen LogP contribution in [0.25, 0.3) is 0 Å². The fourth-order valence-electron chi connectivity index (χ4n) is 3.54. The molecule has 32 heavy (non-hydrogen) atoms. The smallest absolute Gasteiger partial charge is 0.322 e. The zero-order chi connectivity index (χ0) is 23.7. The van der Waals surface area contributed by atoms with E-state index in [1.165, 1.54) is 5.56 Å². The van der Waals surface area contributed by atoms with Crippen LogP contribution in [0.4, 0.5) is 16.3 Å². The molecular weight excluding hydrogens is 404 g/mol. The van der Waals surface area contributed by atoms with Gasteiger partial charge in [0.05, 0.1) is 5.69 Å². The third kappa shape index (κ3) is 5.68. The normalized spacial score (nSPS) is 19.4. The number of aromatic nitrogens is 2. The molecule has 2 atom stereocenters. The number of anilines is 2. The number of amides is 3. The van der Waals surface area contributed by atoms with Crippen molar-refractivity contribution in [1.29, 1.82) is 0 Å². The zero-order valence-electron chi connectivity index (χ0n) is 20.2. The Morgan fingerprint density at radius 2 is 1.75 bits per heavy atom. The Morgan fingerprint density at radius 1 is 1.09 bits per heavy atom. The van der Waals surface area contributed by atoms with Crippen LogP contribution in [0.2, 0.25) is 0 Å². The highest BCUT2D eigenvalue weighted by Gasteiger charge is 2.30. The molecule has 1 aliphatic heterocycles. The second-order valence-electron chi connectivity index (χ2n) is 10.5. The summed E-state index contributed by atoms with van der Waals surface area (Å²) < 4.78 is 1.64. The minimum atomic E-state index is -0.529. The second kappa shape index (κ2) is 8.94. The molecule has 2 heterocycles. The largest absolute Gasteiger partial charge is 0.324 e. The lowest BCUT2D eigenvalue weighted by Gasteiger charge is -2.32. The van der Waals surface area contributed by atoms with Gasteiger partial charge in [0.2, 0.25) is 5.91 Å². The lowest BCUT2D eigenvalue weighted by atomic mass is 9.87. The van der Waals surface area contributed by atoms with Crippen molar-refractivity contribution in [3.8, 4) is 0 Å². The molecule has 0 bridgehead atoms. The van der Waals surface area contributed by atoms with Gasteiger partial charge in [-0.25, -0.2) is 9.48 Å². The standard InChI is InChI=1S/C24H36N6O2/c1-8-16-13-20(31)28-21(25-16)30-19(14-18(29-30)24(5,6)7)27-22(32)26-17-11-9-15(10-12-17)23(2,3)4/h9-12,14,16,21,25H,8,13H2,1-7H3,(H,28,31)(H2,26,27,32). The highest BCUT2D eigenvalue weighted by atomic mass is 16.2. The summed E-state index contributed by atoms with van der Waals surface area (Å²) in [6.07, 6.45) is 0.720. The summed E-state index contributed by atoms with van der Waals surface area (Å²) in [6, 6.07) is 9.36. The van der Waals surface area contributed by atoms with Crippen LogP contribution in [0.3, 0.4) is 0 Å². The zero-order valence-corrected chi connectivity index (χ0v) is 20.2. The van der Waals surface area contributed by atoms with Gasteiger partial charge in [-0.15, -0.1) is 0 Å². The Morgan fingerprint density at radius 3 is 2.31 bits per heavy atom. The van der Waals surface area contributed by atoms with Crippen LogP contribution < -0.4 is 21.3 Å². The highest BCUT2D eigenvalue weighted by Crippen LogP contribution is 2.27. The fourth-order valence-corrected chi connectivity index (χ4v) is 3.54. The molecule has 174 valence electrons. The van der Waals surface area contributed by atoms with E-state index < -0.39 is 6.29 Å². The molecule has 0 aliphatic carbocycles. The Bertz CT molecular complexity index is 966. The van der Waals surface area contributed by atoms with Crippen LogP contribution in [-0.4, -0.2) is 27.8 Å². The van der Waals surface area contributed by atoms with Gasteiger partial charge in [-0.2, -0.15) is 5.10 Å². The second-order valence-corrected chi connectivity index (χ2v) is 10.5. The van der Waals surface area contributed by atoms with E-state index in [9.17, 15) is 9.59 Å². The predicted molar refractivity (Wildman–Crippen MR) is 128 cm³/mol. The Labute approximate surface area is 190 Å². The van der Waals surface area contributed by atoms with Gasteiger partial charge in [-0.1, -0.05) is 60.6 Å². The Balaban J connectivity index is 1.81. The number of nitrogens with zero attached hydrogens (tertiary/aromatic N) is 2.